The molecule has 3 heterocycles. The van der Waals surface area contributed by atoms with Gasteiger partial charge >= 0.3 is 11.8 Å². The Labute approximate surface area is 297 Å². The monoisotopic (exact) mass is 771 g/mol. The molecule has 50 heavy (non-hydrogen) atoms. The number of rotatable bonds is 10. The van der Waals surface area contributed by atoms with Gasteiger partial charge in [-0.05, 0) is 18.2 Å². The van der Waals surface area contributed by atoms with Gasteiger partial charge in [0.1, 0.15) is 17.3 Å². The number of nitrogens with one attached hydrogen (secondary N) is 2. The molecule has 0 saturated carbocycles. The number of amides is 2. The number of carbonyl (C=O) groups is 1. The Kier molecular flexibility index (Phi) is 12.8. The summed E-state index contributed by atoms with van der Waals surface area (Å²) in [4.78, 5) is 34.8. The molecule has 0 saturated heterocycles. The minimum Gasteiger partial charge on any atom is -0.481 e. The Hall–Kier alpha value is -4.90. The average molecular weight is 773 g/mol. The first-order valence-electron chi connectivity index (χ1n) is 14.0. The van der Waals surface area contributed by atoms with E-state index in [2.05, 4.69) is 31.3 Å². The largest absolute Gasteiger partial charge is 0.481 e. The van der Waals surface area contributed by atoms with Crippen molar-refractivity contribution in [1.29, 1.82) is 0 Å². The second-order valence-electron chi connectivity index (χ2n) is 10.6. The molecule has 268 valence electrons. The molecule has 0 spiro atoms. The standard InChI is InChI=1S/C15H14Cl2N2O3.C14H17N5O7S2/c1-5-6-21-12-8-11(9(16)7-10(12)17)19-14(20)22-13(18-19)15(2,3)4;1-4-27(21,22)9-6-5-7-15-12(9)28(23,24)19-14(20)18-13-16-10(25-2)8-11(17-13)26-3/h1,7-8H,6H2,2-4H3;5-8H,4H2,1-3H3,(H2,16,17,18,19,20). The Balaban J connectivity index is 0.000000278. The number of aromatic nitrogens is 5. The van der Waals surface area contributed by atoms with Crippen molar-refractivity contribution in [1.82, 2.24) is 29.5 Å². The normalized spacial score (nSPS) is 11.4. The molecule has 0 aliphatic carbocycles. The second kappa shape index (κ2) is 16.2. The van der Waals surface area contributed by atoms with E-state index in [-0.39, 0.29) is 40.1 Å². The fourth-order valence-corrected chi connectivity index (χ4v) is 6.65. The maximum atomic E-state index is 12.5. The Bertz CT molecular complexity index is 2170. The Morgan fingerprint density at radius 2 is 1.70 bits per heavy atom. The lowest BCUT2D eigenvalue weighted by Gasteiger charge is -2.11. The zero-order valence-electron chi connectivity index (χ0n) is 27.3. The number of anilines is 1. The fraction of sp³-hybridized carbons (Fsp3) is 0.310. The number of methoxy groups -OCH3 is 2. The first kappa shape index (κ1) is 39.5. The van der Waals surface area contributed by atoms with E-state index >= 15 is 0 Å². The SMILES string of the molecule is C#CCOc1cc(-n2nc(C(C)(C)C)oc2=O)c(Cl)cc1Cl.CCS(=O)(=O)c1cccnc1S(=O)(=O)NC(=O)Nc1nc(OC)cc(OC)n1. The molecule has 1 aromatic carbocycles. The molecule has 2 amide bonds. The molecular formula is C29H31Cl2N7O10S2. The summed E-state index contributed by atoms with van der Waals surface area (Å²) in [6.45, 7) is 7.04. The highest BCUT2D eigenvalue weighted by Gasteiger charge is 2.29. The van der Waals surface area contributed by atoms with Gasteiger partial charge in [-0.15, -0.1) is 11.5 Å². The van der Waals surface area contributed by atoms with Gasteiger partial charge in [0.2, 0.25) is 23.6 Å². The number of hydrogen-bond acceptors (Lipinski definition) is 14. The minimum absolute atomic E-state index is 0.0434. The fourth-order valence-electron chi connectivity index (χ4n) is 3.58. The maximum absolute atomic E-state index is 12.5. The van der Waals surface area contributed by atoms with E-state index in [1.165, 1.54) is 45.4 Å². The van der Waals surface area contributed by atoms with Gasteiger partial charge in [0, 0.05) is 17.7 Å². The van der Waals surface area contributed by atoms with Gasteiger partial charge in [0.05, 0.1) is 41.8 Å². The highest BCUT2D eigenvalue weighted by atomic mass is 35.5. The number of halogens is 2. The van der Waals surface area contributed by atoms with Crippen LogP contribution in [0.3, 0.4) is 0 Å². The molecule has 3 aromatic heterocycles. The molecule has 0 atom stereocenters. The second-order valence-corrected chi connectivity index (χ2v) is 15.3. The van der Waals surface area contributed by atoms with E-state index in [0.717, 1.165) is 16.9 Å². The predicted molar refractivity (Wildman–Crippen MR) is 182 cm³/mol. The van der Waals surface area contributed by atoms with Crippen LogP contribution in [0.5, 0.6) is 17.5 Å². The number of hydrogen-bond donors (Lipinski definition) is 2. The van der Waals surface area contributed by atoms with Crippen LogP contribution in [-0.4, -0.2) is 74.2 Å². The zero-order valence-corrected chi connectivity index (χ0v) is 30.5. The number of terminal acetylenes is 1. The third-order valence-electron chi connectivity index (χ3n) is 5.99. The molecule has 17 nitrogen and oxygen atoms in total. The maximum Gasteiger partial charge on any atom is 0.442 e. The highest BCUT2D eigenvalue weighted by molar-refractivity contribution is 7.93. The highest BCUT2D eigenvalue weighted by Crippen LogP contribution is 2.33. The van der Waals surface area contributed by atoms with Crippen molar-refractivity contribution in [3.63, 3.8) is 0 Å². The van der Waals surface area contributed by atoms with E-state index in [1.54, 1.807) is 4.72 Å². The smallest absolute Gasteiger partial charge is 0.442 e. The van der Waals surface area contributed by atoms with Crippen molar-refractivity contribution in [3.8, 4) is 35.5 Å². The summed E-state index contributed by atoms with van der Waals surface area (Å²) in [5.74, 6) is 1.79. The lowest BCUT2D eigenvalue weighted by molar-refractivity contribution is 0.256. The molecular weight excluding hydrogens is 741 g/mol. The van der Waals surface area contributed by atoms with Gasteiger partial charge < -0.3 is 18.6 Å². The van der Waals surface area contributed by atoms with Crippen molar-refractivity contribution >= 4 is 55.0 Å². The number of nitrogens with zero attached hydrogens (tertiary/aromatic N) is 5. The molecule has 0 aliphatic heterocycles. The first-order valence-corrected chi connectivity index (χ1v) is 17.9. The molecule has 21 heteroatoms. The topological polar surface area (TPSA) is 224 Å². The van der Waals surface area contributed by atoms with Gasteiger partial charge in [-0.2, -0.15) is 23.1 Å². The lowest BCUT2D eigenvalue weighted by atomic mass is 9.97. The summed E-state index contributed by atoms with van der Waals surface area (Å²) in [7, 11) is -5.85. The van der Waals surface area contributed by atoms with Gasteiger partial charge in [-0.25, -0.2) is 27.7 Å². The van der Waals surface area contributed by atoms with Crippen LogP contribution in [0.15, 0.2) is 55.7 Å². The summed E-state index contributed by atoms with van der Waals surface area (Å²) in [6, 6.07) is 5.43. The van der Waals surface area contributed by atoms with Crippen molar-refractivity contribution < 1.29 is 40.3 Å². The third-order valence-corrected chi connectivity index (χ3v) is 9.76. The summed E-state index contributed by atoms with van der Waals surface area (Å²) in [5.41, 5.74) is -0.103. The molecule has 4 rings (SSSR count). The van der Waals surface area contributed by atoms with Crippen LogP contribution >= 0.6 is 23.2 Å². The van der Waals surface area contributed by atoms with Crippen LogP contribution in [0.25, 0.3) is 5.69 Å². The number of carbonyl (C=O) groups excluding carboxylic acids is 1. The molecule has 0 fully saturated rings. The summed E-state index contributed by atoms with van der Waals surface area (Å²) in [6.07, 6.45) is 6.25. The minimum atomic E-state index is -4.61. The quantitative estimate of drug-likeness (QED) is 0.220. The van der Waals surface area contributed by atoms with Crippen LogP contribution in [0.1, 0.15) is 33.6 Å². The van der Waals surface area contributed by atoms with Crippen molar-refractivity contribution in [2.45, 2.75) is 43.0 Å². The van der Waals surface area contributed by atoms with Crippen molar-refractivity contribution in [2.24, 2.45) is 0 Å². The number of ether oxygens (including phenoxy) is 3. The van der Waals surface area contributed by atoms with Crippen LogP contribution in [-0.2, 0) is 25.3 Å². The Morgan fingerprint density at radius 1 is 1.06 bits per heavy atom. The number of urea groups is 1. The summed E-state index contributed by atoms with van der Waals surface area (Å²) in [5, 5.41) is 6.02. The number of sulfone groups is 1. The van der Waals surface area contributed by atoms with Crippen LogP contribution in [0.2, 0.25) is 10.0 Å². The van der Waals surface area contributed by atoms with E-state index < -0.39 is 47.0 Å². The van der Waals surface area contributed by atoms with Crippen LogP contribution in [0.4, 0.5) is 10.7 Å². The molecule has 4 aromatic rings. The van der Waals surface area contributed by atoms with Gasteiger partial charge in [0.15, 0.2) is 14.9 Å². The number of benzene rings is 1. The first-order chi connectivity index (χ1) is 23.4. The number of pyridine rings is 1. The van der Waals surface area contributed by atoms with Gasteiger partial charge in [-0.1, -0.05) is 56.8 Å². The van der Waals surface area contributed by atoms with E-state index in [9.17, 15) is 26.4 Å². The summed E-state index contributed by atoms with van der Waals surface area (Å²) < 4.78 is 72.2. The van der Waals surface area contributed by atoms with E-state index in [4.69, 9.17) is 48.3 Å². The zero-order chi connectivity index (χ0) is 37.4. The molecule has 0 radical (unpaired) electrons. The number of sulfonamides is 1. The lowest BCUT2D eigenvalue weighted by Crippen LogP contribution is -2.36. The third kappa shape index (κ3) is 9.84. The van der Waals surface area contributed by atoms with Gasteiger partial charge in [-0.3, -0.25) is 5.32 Å². The molecule has 2 N–H and O–H groups in total. The van der Waals surface area contributed by atoms with Crippen molar-refractivity contribution in [3.05, 3.63) is 63.0 Å². The molecule has 0 aliphatic rings. The van der Waals surface area contributed by atoms with E-state index in [1.807, 2.05) is 20.8 Å². The van der Waals surface area contributed by atoms with Crippen LogP contribution < -0.4 is 30.0 Å². The Morgan fingerprint density at radius 3 is 2.24 bits per heavy atom. The average Bonchev–Trinajstić information content (AvgIpc) is 3.46. The molecule has 0 bridgehead atoms. The van der Waals surface area contributed by atoms with Crippen molar-refractivity contribution in [2.75, 3.05) is 31.9 Å². The summed E-state index contributed by atoms with van der Waals surface area (Å²) >= 11 is 12.2. The van der Waals surface area contributed by atoms with Crippen LogP contribution in [0, 0.1) is 12.3 Å². The molecule has 0 unspecified atom stereocenters. The van der Waals surface area contributed by atoms with E-state index in [0.29, 0.717) is 17.3 Å². The predicted octanol–water partition coefficient (Wildman–Crippen LogP) is 3.63. The van der Waals surface area contributed by atoms with Gasteiger partial charge in [0.25, 0.3) is 10.0 Å².